The van der Waals surface area contributed by atoms with E-state index in [-0.39, 0.29) is 18.7 Å². The van der Waals surface area contributed by atoms with E-state index in [2.05, 4.69) is 10.2 Å². The van der Waals surface area contributed by atoms with Gasteiger partial charge in [-0.2, -0.15) is 0 Å². The van der Waals surface area contributed by atoms with E-state index in [1.54, 1.807) is 13.0 Å². The minimum atomic E-state index is -3.89. The number of sulfonamides is 1. The topological polar surface area (TPSA) is 79.0 Å². The number of morpholine rings is 1. The van der Waals surface area contributed by atoms with E-state index < -0.39 is 27.8 Å². The summed E-state index contributed by atoms with van der Waals surface area (Å²) in [6.45, 7) is 5.98. The van der Waals surface area contributed by atoms with Gasteiger partial charge in [-0.1, -0.05) is 43.3 Å². The van der Waals surface area contributed by atoms with Crippen LogP contribution in [-0.4, -0.2) is 57.8 Å². The Labute approximate surface area is 189 Å². The minimum Gasteiger partial charge on any atom is -0.379 e. The van der Waals surface area contributed by atoms with Crippen LogP contribution < -0.4 is 9.62 Å². The molecule has 1 fully saturated rings. The first-order valence-electron chi connectivity index (χ1n) is 10.7. The molecule has 1 aliphatic heterocycles. The molecular formula is C23H30FN3O4S. The molecule has 1 saturated heterocycles. The van der Waals surface area contributed by atoms with Crippen molar-refractivity contribution in [3.8, 4) is 0 Å². The first kappa shape index (κ1) is 24.2. The van der Waals surface area contributed by atoms with Gasteiger partial charge in [-0.15, -0.1) is 0 Å². The fourth-order valence-electron chi connectivity index (χ4n) is 3.83. The predicted molar refractivity (Wildman–Crippen MR) is 122 cm³/mol. The van der Waals surface area contributed by atoms with Crippen LogP contribution >= 0.6 is 0 Å². The maximum atomic E-state index is 14.4. The van der Waals surface area contributed by atoms with Crippen molar-refractivity contribution in [1.29, 1.82) is 0 Å². The maximum Gasteiger partial charge on any atom is 0.244 e. The van der Waals surface area contributed by atoms with Crippen LogP contribution in [0.4, 0.5) is 10.1 Å². The molecule has 9 heteroatoms. The SMILES string of the molecule is CCC(C(=O)NCc1cccc(CN2CCOCC2)c1)N(c1ccccc1F)S(C)(=O)=O. The number of nitrogens with one attached hydrogen (secondary N) is 1. The van der Waals surface area contributed by atoms with Crippen LogP contribution in [0.5, 0.6) is 0 Å². The van der Waals surface area contributed by atoms with Gasteiger partial charge in [0.2, 0.25) is 15.9 Å². The van der Waals surface area contributed by atoms with Crippen LogP contribution in [0.1, 0.15) is 24.5 Å². The van der Waals surface area contributed by atoms with Gasteiger partial charge >= 0.3 is 0 Å². The van der Waals surface area contributed by atoms with Gasteiger partial charge in [-0.25, -0.2) is 12.8 Å². The second-order valence-corrected chi connectivity index (χ2v) is 9.72. The van der Waals surface area contributed by atoms with Crippen molar-refractivity contribution in [3.05, 3.63) is 65.5 Å². The highest BCUT2D eigenvalue weighted by Gasteiger charge is 2.32. The molecule has 2 aromatic carbocycles. The van der Waals surface area contributed by atoms with Gasteiger partial charge < -0.3 is 10.1 Å². The lowest BCUT2D eigenvalue weighted by Crippen LogP contribution is -2.49. The second-order valence-electron chi connectivity index (χ2n) is 7.86. The summed E-state index contributed by atoms with van der Waals surface area (Å²) in [6.07, 6.45) is 1.18. The summed E-state index contributed by atoms with van der Waals surface area (Å²) in [5.41, 5.74) is 1.91. The molecule has 1 amide bonds. The highest BCUT2D eigenvalue weighted by atomic mass is 32.2. The predicted octanol–water partition coefficient (Wildman–Crippen LogP) is 2.52. The lowest BCUT2D eigenvalue weighted by molar-refractivity contribution is -0.122. The highest BCUT2D eigenvalue weighted by Crippen LogP contribution is 2.25. The number of hydrogen-bond acceptors (Lipinski definition) is 5. The van der Waals surface area contributed by atoms with Gasteiger partial charge in [0.15, 0.2) is 0 Å². The zero-order valence-electron chi connectivity index (χ0n) is 18.5. The van der Waals surface area contributed by atoms with Gasteiger partial charge in [0, 0.05) is 26.2 Å². The number of hydrogen-bond donors (Lipinski definition) is 1. The van der Waals surface area contributed by atoms with Gasteiger partial charge in [0.25, 0.3) is 0 Å². The lowest BCUT2D eigenvalue weighted by Gasteiger charge is -2.30. The van der Waals surface area contributed by atoms with Crippen LogP contribution in [0.3, 0.4) is 0 Å². The van der Waals surface area contributed by atoms with E-state index in [1.165, 1.54) is 18.2 Å². The molecule has 0 bridgehead atoms. The summed E-state index contributed by atoms with van der Waals surface area (Å²) in [6, 6.07) is 12.4. The number of carbonyl (C=O) groups is 1. The fraction of sp³-hybridized carbons (Fsp3) is 0.435. The normalized spacial score (nSPS) is 15.8. The van der Waals surface area contributed by atoms with E-state index in [4.69, 9.17) is 4.74 Å². The third-order valence-corrected chi connectivity index (χ3v) is 6.55. The van der Waals surface area contributed by atoms with Crippen LogP contribution in [0.2, 0.25) is 0 Å². The number of benzene rings is 2. The summed E-state index contributed by atoms with van der Waals surface area (Å²) in [5, 5.41) is 2.82. The summed E-state index contributed by atoms with van der Waals surface area (Å²) in [4.78, 5) is 15.3. The maximum absolute atomic E-state index is 14.4. The Bertz CT molecular complexity index is 1030. The molecule has 32 heavy (non-hydrogen) atoms. The molecule has 0 spiro atoms. The second kappa shape index (κ2) is 10.9. The molecule has 1 heterocycles. The standard InChI is InChI=1S/C23H30FN3O4S/c1-3-21(27(32(2,29)30)22-10-5-4-9-20(22)24)23(28)25-16-18-7-6-8-19(15-18)17-26-11-13-31-14-12-26/h4-10,15,21H,3,11-14,16-17H2,1-2H3,(H,25,28). The average Bonchev–Trinajstić information content (AvgIpc) is 2.77. The monoisotopic (exact) mass is 463 g/mol. The Kier molecular flexibility index (Phi) is 8.22. The molecule has 3 rings (SSSR count). The number of anilines is 1. The van der Waals surface area contributed by atoms with Crippen molar-refractivity contribution in [2.75, 3.05) is 36.9 Å². The smallest absolute Gasteiger partial charge is 0.244 e. The van der Waals surface area contributed by atoms with Crippen molar-refractivity contribution < 1.29 is 22.3 Å². The molecule has 0 radical (unpaired) electrons. The van der Waals surface area contributed by atoms with E-state index in [0.29, 0.717) is 0 Å². The molecule has 1 unspecified atom stereocenters. The number of halogens is 1. The zero-order valence-corrected chi connectivity index (χ0v) is 19.3. The number of para-hydroxylation sites is 1. The molecule has 0 aliphatic carbocycles. The Morgan fingerprint density at radius 1 is 1.16 bits per heavy atom. The summed E-state index contributed by atoms with van der Waals surface area (Å²) in [5.74, 6) is -1.17. The first-order valence-corrected chi connectivity index (χ1v) is 12.5. The molecule has 0 aromatic heterocycles. The lowest BCUT2D eigenvalue weighted by atomic mass is 10.1. The zero-order chi connectivity index (χ0) is 23.1. The molecular weight excluding hydrogens is 433 g/mol. The molecule has 1 N–H and O–H groups in total. The molecule has 174 valence electrons. The number of carbonyl (C=O) groups excluding carboxylic acids is 1. The van der Waals surface area contributed by atoms with Crippen molar-refractivity contribution in [2.24, 2.45) is 0 Å². The highest BCUT2D eigenvalue weighted by molar-refractivity contribution is 7.92. The van der Waals surface area contributed by atoms with Gasteiger partial charge in [-0.3, -0.25) is 14.0 Å². The summed E-state index contributed by atoms with van der Waals surface area (Å²) in [7, 11) is -3.89. The Morgan fingerprint density at radius 3 is 2.50 bits per heavy atom. The van der Waals surface area contributed by atoms with Crippen LogP contribution in [0.25, 0.3) is 0 Å². The van der Waals surface area contributed by atoms with Gasteiger partial charge in [-0.05, 0) is 29.7 Å². The third-order valence-electron chi connectivity index (χ3n) is 5.39. The largest absolute Gasteiger partial charge is 0.379 e. The van der Waals surface area contributed by atoms with Crippen molar-refractivity contribution in [3.63, 3.8) is 0 Å². The van der Waals surface area contributed by atoms with E-state index in [1.807, 2.05) is 24.3 Å². The Hall–Kier alpha value is -2.49. The number of amides is 1. The van der Waals surface area contributed by atoms with E-state index >= 15 is 0 Å². The minimum absolute atomic E-state index is 0.135. The summed E-state index contributed by atoms with van der Waals surface area (Å²) >= 11 is 0. The molecule has 0 saturated carbocycles. The van der Waals surface area contributed by atoms with E-state index in [9.17, 15) is 17.6 Å². The molecule has 1 atom stereocenters. The van der Waals surface area contributed by atoms with Crippen molar-refractivity contribution >= 4 is 21.6 Å². The first-order chi connectivity index (χ1) is 15.3. The summed E-state index contributed by atoms with van der Waals surface area (Å²) < 4.78 is 45.5. The molecule has 1 aliphatic rings. The van der Waals surface area contributed by atoms with Gasteiger partial charge in [0.05, 0.1) is 25.2 Å². The van der Waals surface area contributed by atoms with Gasteiger partial charge in [0.1, 0.15) is 11.9 Å². The third kappa shape index (κ3) is 6.27. The Balaban J connectivity index is 1.70. The van der Waals surface area contributed by atoms with Crippen molar-refractivity contribution in [1.82, 2.24) is 10.2 Å². The fourth-order valence-corrected chi connectivity index (χ4v) is 5.04. The molecule has 7 nitrogen and oxygen atoms in total. The number of ether oxygens (including phenoxy) is 1. The average molecular weight is 464 g/mol. The quantitative estimate of drug-likeness (QED) is 0.618. The molecule has 2 aromatic rings. The Morgan fingerprint density at radius 2 is 1.84 bits per heavy atom. The van der Waals surface area contributed by atoms with Crippen LogP contribution in [0, 0.1) is 5.82 Å². The van der Waals surface area contributed by atoms with Crippen LogP contribution in [0.15, 0.2) is 48.5 Å². The number of nitrogens with zero attached hydrogens (tertiary/aromatic N) is 2. The number of rotatable bonds is 9. The van der Waals surface area contributed by atoms with E-state index in [0.717, 1.165) is 54.5 Å². The van der Waals surface area contributed by atoms with Crippen LogP contribution in [-0.2, 0) is 32.6 Å². The van der Waals surface area contributed by atoms with Crippen molar-refractivity contribution in [2.45, 2.75) is 32.5 Å².